The highest BCUT2D eigenvalue weighted by Gasteiger charge is 2.15. The minimum atomic E-state index is -0.250. The summed E-state index contributed by atoms with van der Waals surface area (Å²) in [6.07, 6.45) is 3.03. The average molecular weight is 312 g/mol. The van der Waals surface area contributed by atoms with Crippen molar-refractivity contribution in [2.75, 3.05) is 6.61 Å². The van der Waals surface area contributed by atoms with Gasteiger partial charge in [-0.2, -0.15) is 0 Å². The summed E-state index contributed by atoms with van der Waals surface area (Å²) in [7, 11) is 0. The molecule has 7 heteroatoms. The van der Waals surface area contributed by atoms with E-state index in [4.69, 9.17) is 9.15 Å². The number of hydrogen-bond donors (Lipinski definition) is 1. The summed E-state index contributed by atoms with van der Waals surface area (Å²) in [4.78, 5) is 24.2. The smallest absolute Gasteiger partial charge is 0.258 e. The Morgan fingerprint density at radius 3 is 2.91 bits per heavy atom. The number of carbonyl (C=O) groups excluding carboxylic acids is 1. The van der Waals surface area contributed by atoms with Gasteiger partial charge in [-0.3, -0.25) is 9.78 Å². The minimum Gasteiger partial charge on any atom is -0.467 e. The van der Waals surface area contributed by atoms with E-state index >= 15 is 0 Å². The molecule has 1 amide bonds. The second kappa shape index (κ2) is 6.43. The Bertz CT molecular complexity index is 830. The van der Waals surface area contributed by atoms with Gasteiger partial charge in [-0.25, -0.2) is 9.97 Å². The van der Waals surface area contributed by atoms with Gasteiger partial charge in [0.2, 0.25) is 11.6 Å². The van der Waals surface area contributed by atoms with Crippen molar-refractivity contribution in [1.29, 1.82) is 0 Å². The van der Waals surface area contributed by atoms with Crippen LogP contribution in [0.1, 0.15) is 17.0 Å². The number of carbonyl (C=O) groups is 1. The lowest BCUT2D eigenvalue weighted by molar-refractivity contribution is -0.123. The van der Waals surface area contributed by atoms with E-state index in [1.807, 2.05) is 32.0 Å². The third-order valence-corrected chi connectivity index (χ3v) is 3.46. The summed E-state index contributed by atoms with van der Waals surface area (Å²) in [5.41, 5.74) is 2.15. The number of furan rings is 1. The van der Waals surface area contributed by atoms with Crippen LogP contribution in [0, 0.1) is 13.8 Å². The quantitative estimate of drug-likeness (QED) is 0.774. The normalized spacial score (nSPS) is 10.7. The molecule has 0 aliphatic heterocycles. The van der Waals surface area contributed by atoms with Gasteiger partial charge in [-0.05, 0) is 26.0 Å². The molecular formula is C16H16N4O3. The third kappa shape index (κ3) is 3.28. The summed E-state index contributed by atoms with van der Waals surface area (Å²) in [5, 5.41) is 3.44. The van der Waals surface area contributed by atoms with Crippen LogP contribution in [0.25, 0.3) is 11.1 Å². The Morgan fingerprint density at radius 2 is 2.13 bits per heavy atom. The predicted molar refractivity (Wildman–Crippen MR) is 82.9 cm³/mol. The van der Waals surface area contributed by atoms with Crippen molar-refractivity contribution in [2.24, 2.45) is 0 Å². The Labute approximate surface area is 132 Å². The van der Waals surface area contributed by atoms with Crippen LogP contribution in [0.3, 0.4) is 0 Å². The molecule has 1 N–H and O–H groups in total. The summed E-state index contributed by atoms with van der Waals surface area (Å²) in [5.74, 6) is 0.850. The summed E-state index contributed by atoms with van der Waals surface area (Å²) < 4.78 is 11.0. The zero-order valence-electron chi connectivity index (χ0n) is 12.9. The van der Waals surface area contributed by atoms with Crippen molar-refractivity contribution >= 4 is 17.0 Å². The molecule has 118 valence electrons. The Hall–Kier alpha value is -2.96. The van der Waals surface area contributed by atoms with Gasteiger partial charge in [0.15, 0.2) is 6.61 Å². The molecule has 0 spiro atoms. The Balaban J connectivity index is 1.63. The highest BCUT2D eigenvalue weighted by atomic mass is 16.5. The molecule has 0 radical (unpaired) electrons. The first-order valence-corrected chi connectivity index (χ1v) is 7.15. The summed E-state index contributed by atoms with van der Waals surface area (Å²) in [6, 6.07) is 5.53. The van der Waals surface area contributed by atoms with Crippen LogP contribution in [0.4, 0.5) is 0 Å². The third-order valence-electron chi connectivity index (χ3n) is 3.46. The second-order valence-corrected chi connectivity index (χ2v) is 5.03. The highest BCUT2D eigenvalue weighted by Crippen LogP contribution is 2.29. The number of ether oxygens (including phenoxy) is 1. The maximum absolute atomic E-state index is 11.9. The molecule has 3 rings (SSSR count). The van der Waals surface area contributed by atoms with Crippen LogP contribution in [-0.4, -0.2) is 27.5 Å². The number of nitrogens with one attached hydrogen (secondary N) is 1. The molecule has 0 unspecified atom stereocenters. The largest absolute Gasteiger partial charge is 0.467 e. The fourth-order valence-electron chi connectivity index (χ4n) is 2.14. The standard InChI is InChI=1S/C16H16N4O3/c1-10-11(2)23-16-14(10)15(19-9-20-16)22-8-13(21)18-7-12-5-3-4-6-17-12/h3-6,9H,7-8H2,1-2H3,(H,18,21). The molecule has 0 saturated heterocycles. The molecule has 0 aliphatic carbocycles. The van der Waals surface area contributed by atoms with Gasteiger partial charge in [0, 0.05) is 11.8 Å². The molecule has 0 aromatic carbocycles. The maximum atomic E-state index is 11.9. The van der Waals surface area contributed by atoms with E-state index in [2.05, 4.69) is 20.3 Å². The van der Waals surface area contributed by atoms with Crippen LogP contribution >= 0.6 is 0 Å². The Morgan fingerprint density at radius 1 is 1.26 bits per heavy atom. The molecule has 3 aromatic rings. The topological polar surface area (TPSA) is 90.1 Å². The van der Waals surface area contributed by atoms with Gasteiger partial charge >= 0.3 is 0 Å². The number of amides is 1. The fourth-order valence-corrected chi connectivity index (χ4v) is 2.14. The molecule has 3 heterocycles. The first-order valence-electron chi connectivity index (χ1n) is 7.15. The first kappa shape index (κ1) is 15.0. The molecular weight excluding hydrogens is 296 g/mol. The van der Waals surface area contributed by atoms with Crippen molar-refractivity contribution in [2.45, 2.75) is 20.4 Å². The van der Waals surface area contributed by atoms with E-state index in [9.17, 15) is 4.79 Å². The van der Waals surface area contributed by atoms with Crippen LogP contribution in [0.2, 0.25) is 0 Å². The summed E-state index contributed by atoms with van der Waals surface area (Å²) in [6.45, 7) is 3.97. The van der Waals surface area contributed by atoms with E-state index in [1.165, 1.54) is 6.33 Å². The number of hydrogen-bond acceptors (Lipinski definition) is 6. The molecule has 3 aromatic heterocycles. The van der Waals surface area contributed by atoms with E-state index in [-0.39, 0.29) is 12.5 Å². The monoisotopic (exact) mass is 312 g/mol. The number of pyridine rings is 1. The molecule has 0 fully saturated rings. The fraction of sp³-hybridized carbons (Fsp3) is 0.250. The highest BCUT2D eigenvalue weighted by molar-refractivity contribution is 5.84. The van der Waals surface area contributed by atoms with E-state index in [0.717, 1.165) is 17.0 Å². The number of rotatable bonds is 5. The number of fused-ring (bicyclic) bond motifs is 1. The van der Waals surface area contributed by atoms with Crippen molar-refractivity contribution < 1.29 is 13.9 Å². The van der Waals surface area contributed by atoms with Crippen LogP contribution in [0.5, 0.6) is 5.88 Å². The lowest BCUT2D eigenvalue weighted by Crippen LogP contribution is -2.28. The zero-order valence-corrected chi connectivity index (χ0v) is 12.9. The van der Waals surface area contributed by atoms with Gasteiger partial charge in [0.25, 0.3) is 5.91 Å². The van der Waals surface area contributed by atoms with E-state index < -0.39 is 0 Å². The van der Waals surface area contributed by atoms with Gasteiger partial charge in [-0.15, -0.1) is 0 Å². The van der Waals surface area contributed by atoms with Crippen LogP contribution in [0.15, 0.2) is 35.1 Å². The van der Waals surface area contributed by atoms with Crippen molar-refractivity contribution in [3.8, 4) is 5.88 Å². The molecule has 0 saturated carbocycles. The van der Waals surface area contributed by atoms with Crippen LogP contribution < -0.4 is 10.1 Å². The molecule has 0 bridgehead atoms. The minimum absolute atomic E-state index is 0.136. The predicted octanol–water partition coefficient (Wildman–Crippen LogP) is 1.93. The lowest BCUT2D eigenvalue weighted by atomic mass is 10.2. The van der Waals surface area contributed by atoms with Gasteiger partial charge in [0.1, 0.15) is 17.5 Å². The molecule has 0 aliphatic rings. The van der Waals surface area contributed by atoms with Gasteiger partial charge in [0.05, 0.1) is 12.2 Å². The van der Waals surface area contributed by atoms with Crippen molar-refractivity contribution in [3.63, 3.8) is 0 Å². The average Bonchev–Trinajstić information content (AvgIpc) is 2.87. The maximum Gasteiger partial charge on any atom is 0.258 e. The molecule has 7 nitrogen and oxygen atoms in total. The zero-order chi connectivity index (χ0) is 16.2. The van der Waals surface area contributed by atoms with Gasteiger partial charge in [-0.1, -0.05) is 6.07 Å². The van der Waals surface area contributed by atoms with E-state index in [0.29, 0.717) is 23.5 Å². The number of aromatic nitrogens is 3. The molecule has 0 atom stereocenters. The van der Waals surface area contributed by atoms with E-state index in [1.54, 1.807) is 6.20 Å². The van der Waals surface area contributed by atoms with Gasteiger partial charge < -0.3 is 14.5 Å². The second-order valence-electron chi connectivity index (χ2n) is 5.03. The van der Waals surface area contributed by atoms with Crippen molar-refractivity contribution in [3.05, 3.63) is 47.7 Å². The van der Waals surface area contributed by atoms with Crippen LogP contribution in [-0.2, 0) is 11.3 Å². The Kier molecular flexibility index (Phi) is 4.18. The number of aryl methyl sites for hydroxylation is 2. The van der Waals surface area contributed by atoms with Crippen molar-refractivity contribution in [1.82, 2.24) is 20.3 Å². The lowest BCUT2D eigenvalue weighted by Gasteiger charge is -2.07. The number of nitrogens with zero attached hydrogens (tertiary/aromatic N) is 3. The molecule has 23 heavy (non-hydrogen) atoms. The summed E-state index contributed by atoms with van der Waals surface area (Å²) >= 11 is 0. The first-order chi connectivity index (χ1) is 11.1. The SMILES string of the molecule is Cc1oc2ncnc(OCC(=O)NCc3ccccn3)c2c1C.